The summed E-state index contributed by atoms with van der Waals surface area (Å²) in [6.07, 6.45) is 0.741. The normalized spacial score (nSPS) is 9.85. The molecule has 0 saturated heterocycles. The van der Waals surface area contributed by atoms with Gasteiger partial charge in [-0.05, 0) is 24.3 Å². The van der Waals surface area contributed by atoms with Gasteiger partial charge in [0.2, 0.25) is 0 Å². The predicted octanol–water partition coefficient (Wildman–Crippen LogP) is 2.54. The number of para-hydroxylation sites is 1. The number of ether oxygens (including phenoxy) is 1. The van der Waals surface area contributed by atoms with Gasteiger partial charge in [0, 0.05) is 18.3 Å². The van der Waals surface area contributed by atoms with Gasteiger partial charge in [0.05, 0.1) is 0 Å². The Morgan fingerprint density at radius 3 is 2.60 bits per heavy atom. The van der Waals surface area contributed by atoms with Gasteiger partial charge in [-0.3, -0.25) is 9.59 Å². The molecule has 0 aliphatic carbocycles. The highest BCUT2D eigenvalue weighted by molar-refractivity contribution is 5.93. The van der Waals surface area contributed by atoms with Crippen molar-refractivity contribution in [3.8, 4) is 5.75 Å². The van der Waals surface area contributed by atoms with Crippen LogP contribution in [0.25, 0.3) is 0 Å². The average Bonchev–Trinajstić information content (AvgIpc) is 2.53. The lowest BCUT2D eigenvalue weighted by molar-refractivity contribution is -0.120. The summed E-state index contributed by atoms with van der Waals surface area (Å²) in [5.41, 5.74) is 1.33. The number of carbonyl (C=O) groups is 2. The molecule has 0 fully saturated rings. The lowest BCUT2D eigenvalue weighted by Gasteiger charge is -2.17. The quantitative estimate of drug-likeness (QED) is 0.784. The Morgan fingerprint density at radius 2 is 1.90 bits per heavy atom. The van der Waals surface area contributed by atoms with Gasteiger partial charge in [-0.25, -0.2) is 0 Å². The Balaban J connectivity index is 1.96. The maximum absolute atomic E-state index is 12.0. The second-order valence-electron chi connectivity index (χ2n) is 4.27. The number of likely N-dealkylation sites (N-methyl/N-ethyl adjacent to an activating group) is 1. The highest BCUT2D eigenvalue weighted by Gasteiger charge is 2.11. The van der Waals surface area contributed by atoms with Crippen LogP contribution in [0.4, 0.5) is 5.69 Å². The first kappa shape index (κ1) is 13.8. The highest BCUT2D eigenvalue weighted by Crippen LogP contribution is 2.14. The molecule has 0 spiro atoms. The zero-order chi connectivity index (χ0) is 14.4. The van der Waals surface area contributed by atoms with Crippen LogP contribution in [0.15, 0.2) is 54.6 Å². The van der Waals surface area contributed by atoms with Crippen molar-refractivity contribution in [3.63, 3.8) is 0 Å². The van der Waals surface area contributed by atoms with Gasteiger partial charge in [0.15, 0.2) is 6.61 Å². The first-order valence-corrected chi connectivity index (χ1v) is 6.20. The minimum absolute atomic E-state index is 0.0757. The molecule has 0 heterocycles. The third-order valence-corrected chi connectivity index (χ3v) is 2.87. The molecule has 4 heteroatoms. The van der Waals surface area contributed by atoms with Crippen molar-refractivity contribution < 1.29 is 14.3 Å². The SMILES string of the molecule is CN(C(=O)COc1cccc(C=O)c1)c1ccccc1. The number of hydrogen-bond acceptors (Lipinski definition) is 3. The molecule has 1 amide bonds. The molecule has 0 saturated carbocycles. The molecular weight excluding hydrogens is 254 g/mol. The Bertz CT molecular complexity index is 596. The van der Waals surface area contributed by atoms with E-state index in [1.807, 2.05) is 30.3 Å². The van der Waals surface area contributed by atoms with Crippen LogP contribution in [0, 0.1) is 0 Å². The van der Waals surface area contributed by atoms with E-state index >= 15 is 0 Å². The lowest BCUT2D eigenvalue weighted by atomic mass is 10.2. The first-order chi connectivity index (χ1) is 9.70. The number of nitrogens with zero attached hydrogens (tertiary/aromatic N) is 1. The van der Waals surface area contributed by atoms with Crippen LogP contribution in [0.5, 0.6) is 5.75 Å². The summed E-state index contributed by atoms with van der Waals surface area (Å²) in [5.74, 6) is 0.345. The summed E-state index contributed by atoms with van der Waals surface area (Å²) in [6, 6.07) is 16.0. The molecule has 2 aromatic carbocycles. The van der Waals surface area contributed by atoms with E-state index in [-0.39, 0.29) is 12.5 Å². The monoisotopic (exact) mass is 269 g/mol. The van der Waals surface area contributed by atoms with E-state index < -0.39 is 0 Å². The second-order valence-corrected chi connectivity index (χ2v) is 4.27. The molecule has 4 nitrogen and oxygen atoms in total. The van der Waals surface area contributed by atoms with Crippen molar-refractivity contribution in [1.29, 1.82) is 0 Å². The minimum Gasteiger partial charge on any atom is -0.484 e. The van der Waals surface area contributed by atoms with Crippen LogP contribution in [-0.4, -0.2) is 25.8 Å². The van der Waals surface area contributed by atoms with Crippen LogP contribution >= 0.6 is 0 Å². The molecule has 0 radical (unpaired) electrons. The van der Waals surface area contributed by atoms with E-state index in [0.717, 1.165) is 12.0 Å². The summed E-state index contributed by atoms with van der Waals surface area (Å²) in [5, 5.41) is 0. The number of rotatable bonds is 5. The van der Waals surface area contributed by atoms with Gasteiger partial charge >= 0.3 is 0 Å². The van der Waals surface area contributed by atoms with Gasteiger partial charge in [-0.2, -0.15) is 0 Å². The van der Waals surface area contributed by atoms with E-state index in [1.54, 1.807) is 31.3 Å². The molecule has 0 bridgehead atoms. The Morgan fingerprint density at radius 1 is 1.15 bits per heavy atom. The molecule has 0 aliphatic rings. The molecule has 0 aliphatic heterocycles. The van der Waals surface area contributed by atoms with Crippen molar-refractivity contribution >= 4 is 17.9 Å². The molecular formula is C16H15NO3. The summed E-state index contributed by atoms with van der Waals surface area (Å²) >= 11 is 0. The lowest BCUT2D eigenvalue weighted by Crippen LogP contribution is -2.31. The standard InChI is InChI=1S/C16H15NO3/c1-17(14-7-3-2-4-8-14)16(19)12-20-15-9-5-6-13(10-15)11-18/h2-11H,12H2,1H3. The molecule has 0 unspecified atom stereocenters. The van der Waals surface area contributed by atoms with Crippen molar-refractivity contribution in [1.82, 2.24) is 0 Å². The number of carbonyl (C=O) groups excluding carboxylic acids is 2. The van der Waals surface area contributed by atoms with E-state index in [4.69, 9.17) is 4.74 Å². The molecule has 0 N–H and O–H groups in total. The van der Waals surface area contributed by atoms with Crippen LogP contribution in [0.2, 0.25) is 0 Å². The third-order valence-electron chi connectivity index (χ3n) is 2.87. The maximum atomic E-state index is 12.0. The Labute approximate surface area is 117 Å². The van der Waals surface area contributed by atoms with Crippen molar-refractivity contribution in [2.45, 2.75) is 0 Å². The van der Waals surface area contributed by atoms with E-state index in [9.17, 15) is 9.59 Å². The van der Waals surface area contributed by atoms with Gasteiger partial charge in [-0.15, -0.1) is 0 Å². The van der Waals surface area contributed by atoms with Crippen LogP contribution in [0.3, 0.4) is 0 Å². The Kier molecular flexibility index (Phi) is 4.50. The van der Waals surface area contributed by atoms with Crippen molar-refractivity contribution in [2.75, 3.05) is 18.6 Å². The molecule has 2 rings (SSSR count). The predicted molar refractivity (Wildman–Crippen MR) is 77.2 cm³/mol. The first-order valence-electron chi connectivity index (χ1n) is 6.20. The van der Waals surface area contributed by atoms with E-state index in [1.165, 1.54) is 4.90 Å². The van der Waals surface area contributed by atoms with Crippen molar-refractivity contribution in [3.05, 3.63) is 60.2 Å². The number of amides is 1. The van der Waals surface area contributed by atoms with Gasteiger partial charge in [-0.1, -0.05) is 30.3 Å². The summed E-state index contributed by atoms with van der Waals surface area (Å²) < 4.78 is 5.40. The molecule has 0 aromatic heterocycles. The summed E-state index contributed by atoms with van der Waals surface area (Å²) in [4.78, 5) is 24.2. The molecule has 20 heavy (non-hydrogen) atoms. The number of aldehydes is 1. The number of benzene rings is 2. The smallest absolute Gasteiger partial charge is 0.264 e. The topological polar surface area (TPSA) is 46.6 Å². The van der Waals surface area contributed by atoms with Crippen LogP contribution in [-0.2, 0) is 4.79 Å². The van der Waals surface area contributed by atoms with Crippen LogP contribution < -0.4 is 9.64 Å². The molecule has 0 atom stereocenters. The minimum atomic E-state index is -0.160. The number of anilines is 1. The zero-order valence-corrected chi connectivity index (χ0v) is 11.2. The second kappa shape index (κ2) is 6.52. The van der Waals surface area contributed by atoms with Crippen molar-refractivity contribution in [2.24, 2.45) is 0 Å². The van der Waals surface area contributed by atoms with Gasteiger partial charge in [0.25, 0.3) is 5.91 Å². The molecule has 2 aromatic rings. The van der Waals surface area contributed by atoms with E-state index in [2.05, 4.69) is 0 Å². The number of hydrogen-bond donors (Lipinski definition) is 0. The summed E-state index contributed by atoms with van der Waals surface area (Å²) in [6.45, 7) is -0.0757. The Hall–Kier alpha value is -2.62. The summed E-state index contributed by atoms with van der Waals surface area (Å²) in [7, 11) is 1.70. The maximum Gasteiger partial charge on any atom is 0.264 e. The van der Waals surface area contributed by atoms with Crippen LogP contribution in [0.1, 0.15) is 10.4 Å². The highest BCUT2D eigenvalue weighted by atomic mass is 16.5. The van der Waals surface area contributed by atoms with Gasteiger partial charge in [0.1, 0.15) is 12.0 Å². The largest absolute Gasteiger partial charge is 0.484 e. The fourth-order valence-corrected chi connectivity index (χ4v) is 1.72. The third kappa shape index (κ3) is 3.45. The fraction of sp³-hybridized carbons (Fsp3) is 0.125. The van der Waals surface area contributed by atoms with E-state index in [0.29, 0.717) is 11.3 Å². The van der Waals surface area contributed by atoms with Gasteiger partial charge < -0.3 is 9.64 Å². The molecule has 102 valence electrons. The fourth-order valence-electron chi connectivity index (χ4n) is 1.72. The zero-order valence-electron chi connectivity index (χ0n) is 11.2. The average molecular weight is 269 g/mol.